The molecule has 2 atom stereocenters. The number of ether oxygens (including phenoxy) is 3. The molecule has 4 rings (SSSR count). The van der Waals surface area contributed by atoms with E-state index in [1.807, 2.05) is 0 Å². The fraction of sp³-hybridized carbons (Fsp3) is 0.448. The van der Waals surface area contributed by atoms with E-state index in [0.717, 1.165) is 30.0 Å². The minimum Gasteiger partial charge on any atom is -0.490 e. The number of anilines is 1. The van der Waals surface area contributed by atoms with Gasteiger partial charge in [-0.25, -0.2) is 28.7 Å². The maximum Gasteiger partial charge on any atom is 0.426 e. The van der Waals surface area contributed by atoms with Crippen LogP contribution in [-0.2, 0) is 21.6 Å². The van der Waals surface area contributed by atoms with Gasteiger partial charge in [-0.2, -0.15) is 5.10 Å². The predicted molar refractivity (Wildman–Crippen MR) is 158 cm³/mol. The van der Waals surface area contributed by atoms with Gasteiger partial charge in [-0.1, -0.05) is 6.07 Å². The van der Waals surface area contributed by atoms with Crippen molar-refractivity contribution in [3.63, 3.8) is 0 Å². The van der Waals surface area contributed by atoms with Crippen LogP contribution < -0.4 is 15.5 Å². The summed E-state index contributed by atoms with van der Waals surface area (Å²) in [4.78, 5) is 16.8. The number of aliphatic hydroxyl groups is 1. The number of carbonyl (C=O) groups excluding carboxylic acids is 1. The van der Waals surface area contributed by atoms with Crippen LogP contribution in [0.3, 0.4) is 0 Å². The highest BCUT2D eigenvalue weighted by atomic mass is 32.1. The fourth-order valence-electron chi connectivity index (χ4n) is 4.57. The number of aromatic nitrogens is 3. The Labute approximate surface area is 254 Å². The smallest absolute Gasteiger partial charge is 0.426 e. The van der Waals surface area contributed by atoms with Crippen molar-refractivity contribution in [1.82, 2.24) is 25.2 Å². The second-order valence-corrected chi connectivity index (χ2v) is 11.6. The van der Waals surface area contributed by atoms with E-state index in [1.165, 1.54) is 24.3 Å². The molecule has 0 bridgehead atoms. The average molecular weight is 619 g/mol. The van der Waals surface area contributed by atoms with Crippen LogP contribution in [0.1, 0.15) is 46.1 Å². The maximum atomic E-state index is 15.2. The Morgan fingerprint density at radius 1 is 1.21 bits per heavy atom. The van der Waals surface area contributed by atoms with Crippen LogP contribution in [-0.4, -0.2) is 67.0 Å². The molecule has 0 radical (unpaired) electrons. The lowest BCUT2D eigenvalue weighted by Crippen LogP contribution is -2.61. The minimum atomic E-state index is -2.12. The Morgan fingerprint density at radius 3 is 2.51 bits per heavy atom. The zero-order chi connectivity index (χ0) is 31.2. The van der Waals surface area contributed by atoms with E-state index in [0.29, 0.717) is 30.7 Å². The van der Waals surface area contributed by atoms with Crippen molar-refractivity contribution in [1.29, 1.82) is 0 Å². The Morgan fingerprint density at radius 2 is 1.91 bits per heavy atom. The number of carbonyl (C=O) groups is 1. The van der Waals surface area contributed by atoms with Crippen LogP contribution in [0, 0.1) is 11.6 Å². The molecule has 2 heterocycles. The SMILES string of the molecule is C[C@@H](N(NC(=O)OC(C)(C)C)C(=S)Nc1ccc(OC2CCOCC2)cc1)[C@](O)(Cn1cncn1)c1ccc(F)cc1F. The standard InChI is InChI=1S/C29H36F2N6O5S/c1-19(29(39,16-36-18-32-17-33-36)24-10-5-20(30)15-25(24)31)37(35-27(38)42-28(2,3)4)26(43)34-21-6-8-22(9-7-21)41-23-11-13-40-14-12-23/h5-10,15,17-19,23,39H,11-14,16H2,1-4H3,(H,34,43)(H,35,38)/t19-,29-/m1/s1. The molecule has 0 unspecified atom stereocenters. The second kappa shape index (κ2) is 13.6. The summed E-state index contributed by atoms with van der Waals surface area (Å²) in [6.45, 7) is 7.59. The molecule has 1 aromatic heterocycles. The quantitative estimate of drug-likeness (QED) is 0.245. The summed E-state index contributed by atoms with van der Waals surface area (Å²) in [6.07, 6.45) is 3.40. The normalized spacial score (nSPS) is 16.1. The first-order valence-corrected chi connectivity index (χ1v) is 14.2. The van der Waals surface area contributed by atoms with Gasteiger partial charge in [-0.05, 0) is 70.2 Å². The van der Waals surface area contributed by atoms with Gasteiger partial charge < -0.3 is 24.6 Å². The highest BCUT2D eigenvalue weighted by molar-refractivity contribution is 7.80. The summed E-state index contributed by atoms with van der Waals surface area (Å²) in [5.41, 5.74) is -0.0845. The first-order chi connectivity index (χ1) is 20.3. The first kappa shape index (κ1) is 32.0. The van der Waals surface area contributed by atoms with E-state index in [4.69, 9.17) is 26.4 Å². The lowest BCUT2D eigenvalue weighted by atomic mass is 9.86. The number of halogens is 2. The largest absolute Gasteiger partial charge is 0.490 e. The number of amides is 1. The van der Waals surface area contributed by atoms with Gasteiger partial charge >= 0.3 is 6.09 Å². The molecule has 0 saturated carbocycles. The van der Waals surface area contributed by atoms with Crippen LogP contribution >= 0.6 is 12.2 Å². The van der Waals surface area contributed by atoms with Crippen molar-refractivity contribution in [3.05, 3.63) is 72.3 Å². The lowest BCUT2D eigenvalue weighted by molar-refractivity contribution is -0.0574. The number of hydrogen-bond donors (Lipinski definition) is 3. The second-order valence-electron chi connectivity index (χ2n) is 11.2. The maximum absolute atomic E-state index is 15.2. The highest BCUT2D eigenvalue weighted by Gasteiger charge is 2.44. The number of benzene rings is 2. The van der Waals surface area contributed by atoms with Gasteiger partial charge in [0, 0.05) is 30.2 Å². The molecular weight excluding hydrogens is 582 g/mol. The van der Waals surface area contributed by atoms with Crippen LogP contribution in [0.15, 0.2) is 55.1 Å². The van der Waals surface area contributed by atoms with Gasteiger partial charge in [0.05, 0.1) is 25.8 Å². The molecule has 0 aliphatic carbocycles. The number of rotatable bonds is 8. The van der Waals surface area contributed by atoms with Gasteiger partial charge in [0.2, 0.25) is 0 Å². The number of hydrogen-bond acceptors (Lipinski definition) is 8. The molecule has 1 aliphatic rings. The van der Waals surface area contributed by atoms with Crippen LogP contribution in [0.2, 0.25) is 0 Å². The molecular formula is C29H36F2N6O5S. The lowest BCUT2D eigenvalue weighted by Gasteiger charge is -2.42. The molecule has 2 aromatic carbocycles. The molecule has 1 fully saturated rings. The molecule has 11 nitrogen and oxygen atoms in total. The van der Waals surface area contributed by atoms with E-state index in [1.54, 1.807) is 45.0 Å². The van der Waals surface area contributed by atoms with Crippen molar-refractivity contribution in [3.8, 4) is 5.75 Å². The number of nitrogens with one attached hydrogen (secondary N) is 2. The van der Waals surface area contributed by atoms with Gasteiger partial charge in [0.25, 0.3) is 0 Å². The molecule has 1 amide bonds. The molecule has 1 saturated heterocycles. The Kier molecular flexibility index (Phi) is 10.1. The summed E-state index contributed by atoms with van der Waals surface area (Å²) in [5, 5.41) is 20.3. The van der Waals surface area contributed by atoms with Crippen LogP contribution in [0.25, 0.3) is 0 Å². The molecule has 1 aliphatic heterocycles. The molecule has 0 spiro atoms. The molecule has 43 heavy (non-hydrogen) atoms. The summed E-state index contributed by atoms with van der Waals surface area (Å²) in [7, 11) is 0. The zero-order valence-corrected chi connectivity index (χ0v) is 25.2. The fourth-order valence-corrected chi connectivity index (χ4v) is 4.89. The number of thiocarbonyl (C=S) groups is 1. The Balaban J connectivity index is 1.62. The molecule has 3 aromatic rings. The summed E-state index contributed by atoms with van der Waals surface area (Å²) < 4.78 is 47.2. The summed E-state index contributed by atoms with van der Waals surface area (Å²) >= 11 is 5.68. The van der Waals surface area contributed by atoms with E-state index < -0.39 is 35.0 Å². The van der Waals surface area contributed by atoms with Crippen molar-refractivity contribution >= 4 is 29.1 Å². The van der Waals surface area contributed by atoms with E-state index in [-0.39, 0.29) is 23.3 Å². The third-order valence-corrected chi connectivity index (χ3v) is 7.05. The van der Waals surface area contributed by atoms with Gasteiger partial charge in [-0.3, -0.25) is 5.01 Å². The minimum absolute atomic E-state index is 0.0454. The van der Waals surface area contributed by atoms with Crippen molar-refractivity contribution in [2.45, 2.75) is 70.4 Å². The zero-order valence-electron chi connectivity index (χ0n) is 24.4. The highest BCUT2D eigenvalue weighted by Crippen LogP contribution is 2.33. The average Bonchev–Trinajstić information content (AvgIpc) is 3.44. The number of hydrazine groups is 1. The Hall–Kier alpha value is -3.88. The third kappa shape index (κ3) is 8.58. The first-order valence-electron chi connectivity index (χ1n) is 13.8. The molecule has 232 valence electrons. The van der Waals surface area contributed by atoms with Crippen LogP contribution in [0.4, 0.5) is 19.3 Å². The van der Waals surface area contributed by atoms with Crippen molar-refractivity contribution < 1.29 is 32.9 Å². The summed E-state index contributed by atoms with van der Waals surface area (Å²) in [5.74, 6) is -1.14. The summed E-state index contributed by atoms with van der Waals surface area (Å²) in [6, 6.07) is 8.73. The van der Waals surface area contributed by atoms with Crippen molar-refractivity contribution in [2.24, 2.45) is 0 Å². The topological polar surface area (TPSA) is 123 Å². The third-order valence-electron chi connectivity index (χ3n) is 6.75. The van der Waals surface area contributed by atoms with Gasteiger partial charge in [-0.15, -0.1) is 0 Å². The van der Waals surface area contributed by atoms with Crippen LogP contribution in [0.5, 0.6) is 5.75 Å². The predicted octanol–water partition coefficient (Wildman–Crippen LogP) is 4.53. The van der Waals surface area contributed by atoms with E-state index in [2.05, 4.69) is 20.8 Å². The Bertz CT molecular complexity index is 1380. The number of nitrogens with zero attached hydrogens (tertiary/aromatic N) is 4. The van der Waals surface area contributed by atoms with Crippen molar-refractivity contribution in [2.75, 3.05) is 18.5 Å². The van der Waals surface area contributed by atoms with E-state index in [9.17, 15) is 14.3 Å². The monoisotopic (exact) mass is 618 g/mol. The molecule has 3 N–H and O–H groups in total. The molecule has 14 heteroatoms. The van der Waals surface area contributed by atoms with E-state index >= 15 is 4.39 Å². The van der Waals surface area contributed by atoms with Gasteiger partial charge in [0.1, 0.15) is 47.3 Å². The van der Waals surface area contributed by atoms with Gasteiger partial charge in [0.15, 0.2) is 5.11 Å².